The Morgan fingerprint density at radius 2 is 2.15 bits per heavy atom. The monoisotopic (exact) mass is 225 g/mol. The summed E-state index contributed by atoms with van der Waals surface area (Å²) in [7, 11) is -0.307. The van der Waals surface area contributed by atoms with Crippen molar-refractivity contribution in [2.45, 2.75) is 32.7 Å². The van der Waals surface area contributed by atoms with Gasteiger partial charge in [-0.1, -0.05) is 21.9 Å². The lowest BCUT2D eigenvalue weighted by atomic mass is 10.1. The van der Waals surface area contributed by atoms with Crippen molar-refractivity contribution in [2.24, 2.45) is 0 Å². The van der Waals surface area contributed by atoms with Gasteiger partial charge in [0.05, 0.1) is 6.61 Å². The van der Waals surface area contributed by atoms with Gasteiger partial charge in [0.15, 0.2) is 0 Å². The minimum atomic E-state index is -2.61. The Hall–Kier alpha value is 0.240. The summed E-state index contributed by atoms with van der Waals surface area (Å²) < 4.78 is 14.9. The average molecular weight is 225 g/mol. The number of nitrogens with one attached hydrogen (secondary N) is 1. The Kier molecular flexibility index (Phi) is 4.73. The smallest absolute Gasteiger partial charge is 0.0616 e. The molecule has 0 aromatic carbocycles. The van der Waals surface area contributed by atoms with Crippen molar-refractivity contribution in [1.29, 1.82) is 0 Å². The summed E-state index contributed by atoms with van der Waals surface area (Å²) >= 11 is 0. The molecule has 13 heavy (non-hydrogen) atoms. The first-order valence-electron chi connectivity index (χ1n) is 4.22. The fraction of sp³-hybridized carbons (Fsp3) is 0.750. The topological polar surface area (TPSA) is 49.3 Å². The van der Waals surface area contributed by atoms with E-state index >= 15 is 0 Å². The Balaban J connectivity index is 4.51. The van der Waals surface area contributed by atoms with Crippen LogP contribution in [0.5, 0.6) is 0 Å². The molecule has 0 aliphatic rings. The maximum absolute atomic E-state index is 12.0. The zero-order valence-electron chi connectivity index (χ0n) is 8.50. The minimum absolute atomic E-state index is 0.0532. The average Bonchev–Trinajstić information content (AvgIpc) is 2.01. The van der Waals surface area contributed by atoms with E-state index in [4.69, 9.17) is 5.11 Å². The maximum atomic E-state index is 12.0. The highest BCUT2D eigenvalue weighted by molar-refractivity contribution is 8.46. The molecule has 3 nitrogen and oxygen atoms in total. The van der Waals surface area contributed by atoms with E-state index in [2.05, 4.69) is 19.7 Å². The molecule has 5 heteroatoms. The van der Waals surface area contributed by atoms with E-state index in [1.165, 1.54) is 0 Å². The van der Waals surface area contributed by atoms with Crippen LogP contribution >= 0.6 is 8.44 Å². The largest absolute Gasteiger partial charge is 0.394 e. The van der Waals surface area contributed by atoms with E-state index in [1.807, 2.05) is 6.92 Å². The van der Waals surface area contributed by atoms with Crippen LogP contribution in [-0.2, 0) is 9.74 Å². The molecule has 0 aromatic rings. The second kappa shape index (κ2) is 4.65. The highest BCUT2D eigenvalue weighted by Gasteiger charge is 2.23. The van der Waals surface area contributed by atoms with E-state index in [9.17, 15) is 4.21 Å². The van der Waals surface area contributed by atoms with Crippen molar-refractivity contribution in [2.75, 3.05) is 6.61 Å². The lowest BCUT2D eigenvalue weighted by Crippen LogP contribution is -2.47. The van der Waals surface area contributed by atoms with Crippen molar-refractivity contribution in [3.8, 4) is 0 Å². The van der Waals surface area contributed by atoms with E-state index in [-0.39, 0.29) is 6.61 Å². The molecule has 0 aromatic heterocycles. The number of aliphatic hydroxyl groups is 1. The van der Waals surface area contributed by atoms with Crippen LogP contribution in [0.3, 0.4) is 0 Å². The van der Waals surface area contributed by atoms with Gasteiger partial charge in [-0.3, -0.25) is 4.21 Å². The fourth-order valence-corrected chi connectivity index (χ4v) is 3.99. The molecular formula is C8H20NO2PS. The molecule has 0 spiro atoms. The molecule has 1 unspecified atom stereocenters. The lowest BCUT2D eigenvalue weighted by Gasteiger charge is -2.32. The van der Waals surface area contributed by atoms with Crippen LogP contribution in [0, 0.1) is 0 Å². The molecule has 0 bridgehead atoms. The Bertz CT molecular complexity index is 240. The zero-order chi connectivity index (χ0) is 10.7. The molecule has 0 fully saturated rings. The van der Waals surface area contributed by atoms with Gasteiger partial charge in [0.2, 0.25) is 0 Å². The predicted octanol–water partition coefficient (Wildman–Crippen LogP) is 0.992. The molecule has 0 radical (unpaired) electrons. The number of allylic oxidation sites excluding steroid dienone is 1. The Morgan fingerprint density at radius 3 is 2.46 bits per heavy atom. The van der Waals surface area contributed by atoms with Gasteiger partial charge in [0.25, 0.3) is 0 Å². The highest BCUT2D eigenvalue weighted by Crippen LogP contribution is 2.25. The molecule has 0 amide bonds. The van der Waals surface area contributed by atoms with Crippen molar-refractivity contribution in [3.05, 3.63) is 11.5 Å². The lowest BCUT2D eigenvalue weighted by molar-refractivity contribution is 0.210. The van der Waals surface area contributed by atoms with Crippen LogP contribution in [0.25, 0.3) is 0 Å². The standard InChI is InChI=1S/C8H20NO2PS/c1-5-7(2)13(11,12)9-8(3,4)6-10/h10,13H,2,5-6,12H2,1,3-4H3,(H,9,11). The van der Waals surface area contributed by atoms with E-state index in [0.29, 0.717) is 11.3 Å². The van der Waals surface area contributed by atoms with Gasteiger partial charge in [-0.05, 0) is 30.0 Å². The number of hydrogen-bond donors (Lipinski definition) is 3. The van der Waals surface area contributed by atoms with Crippen molar-refractivity contribution in [1.82, 2.24) is 4.72 Å². The number of hydrogen-bond acceptors (Lipinski definition) is 2. The van der Waals surface area contributed by atoms with Gasteiger partial charge in [-0.15, -0.1) is 0 Å². The summed E-state index contributed by atoms with van der Waals surface area (Å²) in [5.41, 5.74) is -0.532. The van der Waals surface area contributed by atoms with Crippen LogP contribution in [0.4, 0.5) is 0 Å². The number of rotatable bonds is 5. The minimum Gasteiger partial charge on any atom is -0.394 e. The summed E-state index contributed by atoms with van der Waals surface area (Å²) in [5, 5.41) is 8.99. The summed E-state index contributed by atoms with van der Waals surface area (Å²) in [6, 6.07) is 0. The summed E-state index contributed by atoms with van der Waals surface area (Å²) in [6.45, 7) is 9.19. The van der Waals surface area contributed by atoms with Gasteiger partial charge in [-0.2, -0.15) is 0 Å². The molecular weight excluding hydrogens is 205 g/mol. The van der Waals surface area contributed by atoms with Crippen LogP contribution in [0.2, 0.25) is 0 Å². The second-order valence-corrected chi connectivity index (χ2v) is 8.09. The van der Waals surface area contributed by atoms with Crippen LogP contribution in [-0.4, -0.2) is 21.5 Å². The number of aliphatic hydroxyl groups excluding tert-OH is 1. The normalized spacial score (nSPS) is 14.2. The first-order valence-corrected chi connectivity index (χ1v) is 7.55. The van der Waals surface area contributed by atoms with Gasteiger partial charge in [-0.25, -0.2) is 4.72 Å². The van der Waals surface area contributed by atoms with Gasteiger partial charge < -0.3 is 5.11 Å². The molecule has 0 saturated carbocycles. The molecule has 2 N–H and O–H groups in total. The summed E-state index contributed by atoms with van der Waals surface area (Å²) in [6.07, 6.45) is 0.676. The quantitative estimate of drug-likeness (QED) is 0.483. The van der Waals surface area contributed by atoms with Crippen molar-refractivity contribution >= 4 is 18.2 Å². The molecule has 1 atom stereocenters. The second-order valence-electron chi connectivity index (χ2n) is 3.73. The predicted molar refractivity (Wildman–Crippen MR) is 63.0 cm³/mol. The van der Waals surface area contributed by atoms with E-state index in [1.54, 1.807) is 13.8 Å². The maximum Gasteiger partial charge on any atom is 0.0616 e. The van der Waals surface area contributed by atoms with Gasteiger partial charge in [0.1, 0.15) is 0 Å². The third-order valence-electron chi connectivity index (χ3n) is 1.74. The van der Waals surface area contributed by atoms with Gasteiger partial charge in [0, 0.05) is 10.4 Å². The first-order chi connectivity index (χ1) is 5.75. The van der Waals surface area contributed by atoms with Crippen LogP contribution in [0.1, 0.15) is 27.2 Å². The molecule has 0 aliphatic carbocycles. The molecule has 0 aliphatic heterocycles. The molecule has 0 rings (SSSR count). The fourth-order valence-electron chi connectivity index (χ4n) is 0.799. The summed E-state index contributed by atoms with van der Waals surface area (Å²) in [5.74, 6) is 0. The van der Waals surface area contributed by atoms with Crippen LogP contribution < -0.4 is 4.72 Å². The number of thiol groups is 1. The van der Waals surface area contributed by atoms with E-state index < -0.39 is 15.3 Å². The van der Waals surface area contributed by atoms with Crippen molar-refractivity contribution in [3.63, 3.8) is 0 Å². The van der Waals surface area contributed by atoms with E-state index in [0.717, 1.165) is 0 Å². The zero-order valence-corrected chi connectivity index (χ0v) is 10.6. The molecule has 0 heterocycles. The highest BCUT2D eigenvalue weighted by atomic mass is 32.8. The third-order valence-corrected chi connectivity index (χ3v) is 5.42. The molecule has 80 valence electrons. The SMILES string of the molecule is C=C(CC)[SH](=O)(P)NC(C)(C)CO. The van der Waals surface area contributed by atoms with Crippen LogP contribution in [0.15, 0.2) is 11.5 Å². The molecule has 0 saturated heterocycles. The first kappa shape index (κ1) is 13.2. The Morgan fingerprint density at radius 1 is 1.69 bits per heavy atom. The third kappa shape index (κ3) is 4.32. The van der Waals surface area contributed by atoms with Gasteiger partial charge >= 0.3 is 0 Å². The van der Waals surface area contributed by atoms with Crippen molar-refractivity contribution < 1.29 is 9.32 Å². The Labute approximate surface area is 83.5 Å². The summed E-state index contributed by atoms with van der Waals surface area (Å²) in [4.78, 5) is 0.680.